The van der Waals surface area contributed by atoms with Gasteiger partial charge in [-0.2, -0.15) is 20.1 Å². The van der Waals surface area contributed by atoms with Crippen molar-refractivity contribution in [3.63, 3.8) is 0 Å². The summed E-state index contributed by atoms with van der Waals surface area (Å²) in [6.45, 7) is -0.427. The van der Waals surface area contributed by atoms with Gasteiger partial charge in [0.25, 0.3) is 0 Å². The van der Waals surface area contributed by atoms with E-state index in [2.05, 4.69) is 36.1 Å². The van der Waals surface area contributed by atoms with Crippen molar-refractivity contribution in [2.45, 2.75) is 6.10 Å². The molecule has 0 amide bonds. The summed E-state index contributed by atoms with van der Waals surface area (Å²) < 4.78 is 0. The number of nitrogens with one attached hydrogen (secondary N) is 3. The second-order valence-corrected chi connectivity index (χ2v) is 5.43. The van der Waals surface area contributed by atoms with Crippen LogP contribution in [0.15, 0.2) is 65.8 Å². The summed E-state index contributed by atoms with van der Waals surface area (Å²) in [5, 5.41) is 28.1. The van der Waals surface area contributed by atoms with Gasteiger partial charge < -0.3 is 20.8 Å². The van der Waals surface area contributed by atoms with Crippen LogP contribution in [0, 0.1) is 0 Å². The summed E-state index contributed by atoms with van der Waals surface area (Å²) in [5.74, 6) is 0.799. The molecule has 0 saturated carbocycles. The van der Waals surface area contributed by atoms with E-state index >= 15 is 0 Å². The molecule has 0 aliphatic rings. The zero-order valence-electron chi connectivity index (χ0n) is 14.3. The van der Waals surface area contributed by atoms with Gasteiger partial charge in [-0.3, -0.25) is 0 Å². The first-order chi connectivity index (χ1) is 13.2. The number of anilines is 5. The molecule has 138 valence electrons. The van der Waals surface area contributed by atoms with Gasteiger partial charge in [0.15, 0.2) is 0 Å². The predicted octanol–water partition coefficient (Wildman–Crippen LogP) is 2.11. The van der Waals surface area contributed by atoms with Crippen molar-refractivity contribution in [2.75, 3.05) is 22.7 Å². The lowest BCUT2D eigenvalue weighted by Gasteiger charge is -2.10. The average Bonchev–Trinajstić information content (AvgIpc) is 2.69. The van der Waals surface area contributed by atoms with E-state index < -0.39 is 12.7 Å². The molecule has 0 saturated heterocycles. The van der Waals surface area contributed by atoms with Crippen LogP contribution in [-0.2, 0) is 0 Å². The summed E-state index contributed by atoms with van der Waals surface area (Å²) in [6, 6.07) is 18.9. The van der Waals surface area contributed by atoms with Crippen LogP contribution in [0.1, 0.15) is 0 Å². The Morgan fingerprint density at radius 3 is 1.78 bits per heavy atom. The maximum Gasteiger partial charge on any atom is 0.250 e. The summed E-state index contributed by atoms with van der Waals surface area (Å²) in [5.41, 5.74) is 4.26. The molecule has 9 nitrogen and oxygen atoms in total. The fraction of sp³-hybridized carbons (Fsp3) is 0.111. The number of aliphatic hydroxyl groups excluding tert-OH is 2. The number of benzene rings is 2. The zero-order valence-corrected chi connectivity index (χ0v) is 14.3. The zero-order chi connectivity index (χ0) is 18.9. The monoisotopic (exact) mass is 365 g/mol. The molecule has 9 heteroatoms. The van der Waals surface area contributed by atoms with Crippen molar-refractivity contribution < 1.29 is 10.2 Å². The largest absolute Gasteiger partial charge is 0.393 e. The highest BCUT2D eigenvalue weighted by Crippen LogP contribution is 2.18. The molecule has 1 heterocycles. The Balaban J connectivity index is 1.83. The standard InChI is InChI=1S/C18H19N7O2/c26-12-15(27)11-19-25-18-23-16(20-13-7-3-1-4-8-13)22-17(24-18)21-14-9-5-2-6-10-14/h1-11,15,26-27H,12H2,(H3,20,21,22,23,24,25)/b19-11-/t15-/m0/s1. The van der Waals surface area contributed by atoms with Crippen molar-refractivity contribution >= 4 is 35.4 Å². The van der Waals surface area contributed by atoms with E-state index in [1.807, 2.05) is 60.7 Å². The minimum Gasteiger partial charge on any atom is -0.393 e. The SMILES string of the molecule is OC[C@@H](O)/C=N\Nc1nc(Nc2ccccc2)nc(Nc2ccccc2)n1. The number of hydrogen-bond donors (Lipinski definition) is 5. The summed E-state index contributed by atoms with van der Waals surface area (Å²) >= 11 is 0. The molecule has 3 aromatic rings. The Bertz CT molecular complexity index is 816. The number of para-hydroxylation sites is 2. The van der Waals surface area contributed by atoms with Gasteiger partial charge in [-0.1, -0.05) is 36.4 Å². The molecular formula is C18H19N7O2. The van der Waals surface area contributed by atoms with Crippen LogP contribution in [0.5, 0.6) is 0 Å². The molecule has 0 unspecified atom stereocenters. The molecule has 1 atom stereocenters. The van der Waals surface area contributed by atoms with Crippen LogP contribution in [0.25, 0.3) is 0 Å². The second-order valence-electron chi connectivity index (χ2n) is 5.43. The van der Waals surface area contributed by atoms with Gasteiger partial charge in [-0.25, -0.2) is 5.43 Å². The number of aliphatic hydroxyl groups is 2. The topological polar surface area (TPSA) is 128 Å². The Morgan fingerprint density at radius 1 is 0.815 bits per heavy atom. The first kappa shape index (κ1) is 18.2. The van der Waals surface area contributed by atoms with Gasteiger partial charge in [0.1, 0.15) is 6.10 Å². The molecule has 0 fully saturated rings. The molecule has 2 aromatic carbocycles. The van der Waals surface area contributed by atoms with Gasteiger partial charge >= 0.3 is 0 Å². The Kier molecular flexibility index (Phi) is 6.23. The summed E-state index contributed by atoms with van der Waals surface area (Å²) in [7, 11) is 0. The lowest BCUT2D eigenvalue weighted by molar-refractivity contribution is 0.148. The van der Waals surface area contributed by atoms with Crippen LogP contribution in [0.3, 0.4) is 0 Å². The maximum absolute atomic E-state index is 9.32. The van der Waals surface area contributed by atoms with E-state index in [0.29, 0.717) is 11.9 Å². The number of aromatic nitrogens is 3. The molecule has 27 heavy (non-hydrogen) atoms. The Hall–Kier alpha value is -3.56. The van der Waals surface area contributed by atoms with E-state index in [0.717, 1.165) is 17.6 Å². The lowest BCUT2D eigenvalue weighted by Crippen LogP contribution is -2.14. The third kappa shape index (κ3) is 5.73. The van der Waals surface area contributed by atoms with Gasteiger partial charge in [0, 0.05) is 11.4 Å². The first-order valence-corrected chi connectivity index (χ1v) is 8.21. The van der Waals surface area contributed by atoms with Gasteiger partial charge in [0.2, 0.25) is 17.8 Å². The van der Waals surface area contributed by atoms with Crippen molar-refractivity contribution in [2.24, 2.45) is 5.10 Å². The first-order valence-electron chi connectivity index (χ1n) is 8.21. The van der Waals surface area contributed by atoms with E-state index in [4.69, 9.17) is 5.11 Å². The molecular weight excluding hydrogens is 346 g/mol. The highest BCUT2D eigenvalue weighted by molar-refractivity contribution is 5.64. The molecule has 0 spiro atoms. The normalized spacial score (nSPS) is 11.9. The predicted molar refractivity (Wildman–Crippen MR) is 104 cm³/mol. The molecule has 0 bridgehead atoms. The molecule has 3 rings (SSSR count). The van der Waals surface area contributed by atoms with E-state index in [1.165, 1.54) is 0 Å². The van der Waals surface area contributed by atoms with Gasteiger partial charge in [-0.15, -0.1) is 0 Å². The second kappa shape index (κ2) is 9.22. The van der Waals surface area contributed by atoms with Gasteiger partial charge in [-0.05, 0) is 24.3 Å². The molecule has 0 aliphatic heterocycles. The minimum absolute atomic E-state index is 0.170. The number of rotatable bonds is 8. The van der Waals surface area contributed by atoms with E-state index in [9.17, 15) is 5.11 Å². The van der Waals surface area contributed by atoms with Crippen LogP contribution >= 0.6 is 0 Å². The van der Waals surface area contributed by atoms with E-state index in [1.54, 1.807) is 0 Å². The highest BCUT2D eigenvalue weighted by Gasteiger charge is 2.07. The fourth-order valence-electron chi connectivity index (χ4n) is 2.07. The number of nitrogens with zero attached hydrogens (tertiary/aromatic N) is 4. The van der Waals surface area contributed by atoms with Crippen LogP contribution in [0.4, 0.5) is 29.2 Å². The van der Waals surface area contributed by atoms with Crippen molar-refractivity contribution in [3.05, 3.63) is 60.7 Å². The third-order valence-corrected chi connectivity index (χ3v) is 3.29. The summed E-state index contributed by atoms with van der Waals surface area (Å²) in [4.78, 5) is 12.9. The third-order valence-electron chi connectivity index (χ3n) is 3.29. The van der Waals surface area contributed by atoms with Crippen molar-refractivity contribution in [1.82, 2.24) is 15.0 Å². The smallest absolute Gasteiger partial charge is 0.250 e. The van der Waals surface area contributed by atoms with Crippen molar-refractivity contribution in [3.8, 4) is 0 Å². The highest BCUT2D eigenvalue weighted by atomic mass is 16.3. The van der Waals surface area contributed by atoms with Crippen LogP contribution in [-0.4, -0.2) is 44.1 Å². The van der Waals surface area contributed by atoms with Crippen molar-refractivity contribution in [1.29, 1.82) is 0 Å². The fourth-order valence-corrected chi connectivity index (χ4v) is 2.07. The molecule has 5 N–H and O–H groups in total. The number of hydrazone groups is 1. The Morgan fingerprint density at radius 2 is 1.30 bits per heavy atom. The average molecular weight is 365 g/mol. The minimum atomic E-state index is -1.07. The van der Waals surface area contributed by atoms with Crippen LogP contribution < -0.4 is 16.1 Å². The summed E-state index contributed by atoms with van der Waals surface area (Å²) in [6.07, 6.45) is 0.0847. The Labute approximate surface area is 155 Å². The molecule has 0 radical (unpaired) electrons. The van der Waals surface area contributed by atoms with Gasteiger partial charge in [0.05, 0.1) is 12.8 Å². The quantitative estimate of drug-likeness (QED) is 0.303. The molecule has 1 aromatic heterocycles. The maximum atomic E-state index is 9.32. The molecule has 0 aliphatic carbocycles. The van der Waals surface area contributed by atoms with Crippen LogP contribution in [0.2, 0.25) is 0 Å². The lowest BCUT2D eigenvalue weighted by atomic mass is 10.3. The van der Waals surface area contributed by atoms with E-state index in [-0.39, 0.29) is 5.95 Å². The number of hydrogen-bond acceptors (Lipinski definition) is 9.